The van der Waals surface area contributed by atoms with E-state index in [1.54, 1.807) is 6.20 Å². The highest BCUT2D eigenvalue weighted by Crippen LogP contribution is 2.67. The van der Waals surface area contributed by atoms with Crippen LogP contribution in [0.25, 0.3) is 10.9 Å². The van der Waals surface area contributed by atoms with E-state index in [1.807, 2.05) is 28.9 Å². The summed E-state index contributed by atoms with van der Waals surface area (Å²) in [5.41, 5.74) is 3.81. The van der Waals surface area contributed by atoms with E-state index >= 15 is 0 Å². The zero-order valence-electron chi connectivity index (χ0n) is 27.1. The molecule has 5 saturated carbocycles. The Labute approximate surface area is 271 Å². The van der Waals surface area contributed by atoms with Gasteiger partial charge in [-0.25, -0.2) is 0 Å². The van der Waals surface area contributed by atoms with E-state index in [0.29, 0.717) is 31.7 Å². The molecule has 6 fully saturated rings. The van der Waals surface area contributed by atoms with Gasteiger partial charge in [0.1, 0.15) is 5.54 Å². The van der Waals surface area contributed by atoms with Crippen molar-refractivity contribution in [3.8, 4) is 0 Å². The second-order valence-corrected chi connectivity index (χ2v) is 17.2. The first-order valence-electron chi connectivity index (χ1n) is 17.3. The zero-order valence-corrected chi connectivity index (χ0v) is 27.9. The van der Waals surface area contributed by atoms with Crippen LogP contribution in [0, 0.1) is 36.0 Å². The molecule has 6 nitrogen and oxygen atoms in total. The van der Waals surface area contributed by atoms with Crippen molar-refractivity contribution >= 4 is 34.5 Å². The number of carbonyl (C=O) groups is 2. The number of nitrogens with zero attached hydrogens (tertiary/aromatic N) is 2. The predicted molar refractivity (Wildman–Crippen MR) is 181 cm³/mol. The molecule has 0 unspecified atom stereocenters. The first kappa shape index (κ1) is 29.6. The lowest BCUT2D eigenvalue weighted by Crippen LogP contribution is -2.68. The third-order valence-electron chi connectivity index (χ3n) is 12.7. The maximum Gasteiger partial charge on any atom is 0.246 e. The first-order valence-corrected chi connectivity index (χ1v) is 18.5. The van der Waals surface area contributed by atoms with Gasteiger partial charge in [0.15, 0.2) is 0 Å². The molecule has 1 aliphatic heterocycles. The number of thioether (sulfide) groups is 1. The van der Waals surface area contributed by atoms with Crippen LogP contribution < -0.4 is 5.32 Å². The van der Waals surface area contributed by atoms with Gasteiger partial charge >= 0.3 is 0 Å². The molecule has 3 heterocycles. The summed E-state index contributed by atoms with van der Waals surface area (Å²) in [5, 5.41) is 5.01. The second-order valence-electron chi connectivity index (χ2n) is 16.0. The number of para-hydroxylation sites is 1. The van der Waals surface area contributed by atoms with Crippen LogP contribution in [0.2, 0.25) is 0 Å². The van der Waals surface area contributed by atoms with E-state index in [2.05, 4.69) is 66.4 Å². The normalized spacial score (nSPS) is 32.4. The summed E-state index contributed by atoms with van der Waals surface area (Å²) in [5.74, 6) is 4.82. The average molecular weight is 625 g/mol. The molecule has 1 aromatic carbocycles. The Balaban J connectivity index is 1.11. The van der Waals surface area contributed by atoms with Crippen LogP contribution in [-0.4, -0.2) is 49.3 Å². The number of aryl methyl sites for hydroxylation is 1. The average Bonchev–Trinajstić information content (AvgIpc) is 3.36. The Morgan fingerprint density at radius 3 is 2.36 bits per heavy atom. The van der Waals surface area contributed by atoms with Crippen molar-refractivity contribution in [3.63, 3.8) is 0 Å². The van der Waals surface area contributed by atoms with Gasteiger partial charge in [0, 0.05) is 47.5 Å². The van der Waals surface area contributed by atoms with E-state index in [1.165, 1.54) is 35.9 Å². The van der Waals surface area contributed by atoms with Crippen molar-refractivity contribution < 1.29 is 9.59 Å². The molecule has 2 atom stereocenters. The van der Waals surface area contributed by atoms with Gasteiger partial charge in [-0.2, -0.15) is 11.8 Å². The van der Waals surface area contributed by atoms with Crippen LogP contribution in [0.5, 0.6) is 0 Å². The summed E-state index contributed by atoms with van der Waals surface area (Å²) < 4.78 is 0. The largest absolute Gasteiger partial charge is 0.358 e. The van der Waals surface area contributed by atoms with Crippen molar-refractivity contribution in [2.45, 2.75) is 102 Å². The third kappa shape index (κ3) is 5.03. The molecule has 238 valence electrons. The smallest absolute Gasteiger partial charge is 0.246 e. The number of benzene rings is 1. The topological polar surface area (TPSA) is 78.1 Å². The fourth-order valence-electron chi connectivity index (χ4n) is 10.8. The van der Waals surface area contributed by atoms with Crippen molar-refractivity contribution in [2.75, 3.05) is 11.5 Å². The molecule has 2 N–H and O–H groups in total. The molecule has 3 aromatic rings. The van der Waals surface area contributed by atoms with Crippen LogP contribution in [-0.2, 0) is 16.1 Å². The quantitative estimate of drug-likeness (QED) is 0.274. The standard InChI is InChI=1S/C38H48N4O2S/c1-24-33(29-8-4-5-9-31(29)40-24)34-30(36(34,2)3)18-32(43)42(23-25-7-6-12-39-22-25)38(10-13-45-14-11-38)35(44)41-37-19-26-15-27(20-37)17-28(16-26)21-37/h4-9,12,22,26-28,30,34,40H,10-11,13-21,23H2,1-3H3,(H,41,44)/t26?,27?,28?,30-,34-,37?/m0/s1. The van der Waals surface area contributed by atoms with Gasteiger partial charge in [-0.1, -0.05) is 38.1 Å². The highest BCUT2D eigenvalue weighted by molar-refractivity contribution is 7.99. The number of H-pyrrole nitrogens is 1. The summed E-state index contributed by atoms with van der Waals surface area (Å²) in [6.45, 7) is 7.22. The number of rotatable bonds is 8. The van der Waals surface area contributed by atoms with Gasteiger partial charge in [-0.15, -0.1) is 0 Å². The number of carbonyl (C=O) groups excluding carboxylic acids is 2. The fourth-order valence-corrected chi connectivity index (χ4v) is 12.0. The number of aromatic amines is 1. The van der Waals surface area contributed by atoms with Gasteiger partial charge in [0.05, 0.1) is 0 Å². The van der Waals surface area contributed by atoms with Gasteiger partial charge in [-0.3, -0.25) is 14.6 Å². The molecule has 45 heavy (non-hydrogen) atoms. The Hall–Kier alpha value is -2.80. The lowest BCUT2D eigenvalue weighted by Gasteiger charge is -2.58. The van der Waals surface area contributed by atoms with Crippen LogP contribution in [0.4, 0.5) is 0 Å². The predicted octanol–water partition coefficient (Wildman–Crippen LogP) is 7.38. The molecule has 5 aliphatic carbocycles. The zero-order chi connectivity index (χ0) is 31.0. The Bertz CT molecular complexity index is 1570. The SMILES string of the molecule is Cc1[nH]c2ccccc2c1[C@@H]1[C@H](CC(=O)N(Cc2cccnc2)C2(C(=O)NC34CC5CC(CC(C5)C3)C4)CCSCC2)C1(C)C. The van der Waals surface area contributed by atoms with E-state index in [-0.39, 0.29) is 28.7 Å². The van der Waals surface area contributed by atoms with Crippen molar-refractivity contribution in [1.29, 1.82) is 0 Å². The minimum Gasteiger partial charge on any atom is -0.358 e. The lowest BCUT2D eigenvalue weighted by atomic mass is 9.53. The van der Waals surface area contributed by atoms with Gasteiger partial charge < -0.3 is 15.2 Å². The number of aromatic nitrogens is 2. The van der Waals surface area contributed by atoms with E-state index in [0.717, 1.165) is 59.6 Å². The fraction of sp³-hybridized carbons (Fsp3) is 0.605. The molecule has 0 radical (unpaired) electrons. The molecule has 2 aromatic heterocycles. The van der Waals surface area contributed by atoms with Crippen LogP contribution >= 0.6 is 11.8 Å². The number of amides is 2. The van der Waals surface area contributed by atoms with Crippen molar-refractivity contribution in [3.05, 3.63) is 65.6 Å². The molecule has 4 bridgehead atoms. The van der Waals surface area contributed by atoms with Crippen LogP contribution in [0.1, 0.15) is 94.4 Å². The molecular weight excluding hydrogens is 577 g/mol. The Morgan fingerprint density at radius 1 is 1.00 bits per heavy atom. The summed E-state index contributed by atoms with van der Waals surface area (Å²) in [6.07, 6.45) is 12.9. The third-order valence-corrected chi connectivity index (χ3v) is 13.7. The van der Waals surface area contributed by atoms with E-state index in [4.69, 9.17) is 0 Å². The number of fused-ring (bicyclic) bond motifs is 1. The maximum absolute atomic E-state index is 14.9. The number of hydrogen-bond donors (Lipinski definition) is 2. The van der Waals surface area contributed by atoms with E-state index in [9.17, 15) is 9.59 Å². The lowest BCUT2D eigenvalue weighted by molar-refractivity contribution is -0.153. The number of pyridine rings is 1. The van der Waals surface area contributed by atoms with Gasteiger partial charge in [-0.05, 0) is 128 Å². The summed E-state index contributed by atoms with van der Waals surface area (Å²) in [7, 11) is 0. The summed E-state index contributed by atoms with van der Waals surface area (Å²) in [6, 6.07) is 12.5. The molecule has 9 rings (SSSR count). The van der Waals surface area contributed by atoms with Gasteiger partial charge in [0.25, 0.3) is 0 Å². The first-order chi connectivity index (χ1) is 21.7. The second kappa shape index (κ2) is 10.9. The highest BCUT2D eigenvalue weighted by Gasteiger charge is 2.61. The van der Waals surface area contributed by atoms with Crippen molar-refractivity contribution in [2.24, 2.45) is 29.1 Å². The summed E-state index contributed by atoms with van der Waals surface area (Å²) in [4.78, 5) is 39.7. The number of nitrogens with one attached hydrogen (secondary N) is 2. The molecular formula is C38H48N4O2S. The minimum atomic E-state index is -0.827. The molecule has 1 saturated heterocycles. The monoisotopic (exact) mass is 624 g/mol. The van der Waals surface area contributed by atoms with Crippen LogP contribution in [0.3, 0.4) is 0 Å². The highest BCUT2D eigenvalue weighted by atomic mass is 32.2. The summed E-state index contributed by atoms with van der Waals surface area (Å²) >= 11 is 1.91. The van der Waals surface area contributed by atoms with E-state index < -0.39 is 5.54 Å². The Morgan fingerprint density at radius 2 is 1.69 bits per heavy atom. The van der Waals surface area contributed by atoms with Gasteiger partial charge in [0.2, 0.25) is 11.8 Å². The maximum atomic E-state index is 14.9. The molecule has 6 aliphatic rings. The van der Waals surface area contributed by atoms with Crippen LogP contribution in [0.15, 0.2) is 48.8 Å². The molecule has 0 spiro atoms. The molecule has 7 heteroatoms. The van der Waals surface area contributed by atoms with Crippen molar-refractivity contribution in [1.82, 2.24) is 20.2 Å². The minimum absolute atomic E-state index is 0.00237. The Kier molecular flexibility index (Phi) is 7.16. The molecule has 2 amide bonds. The number of hydrogen-bond acceptors (Lipinski definition) is 4.